The van der Waals surface area contributed by atoms with Crippen LogP contribution in [0.1, 0.15) is 32.1 Å². The summed E-state index contributed by atoms with van der Waals surface area (Å²) in [4.78, 5) is 11.5. The molecule has 20 heavy (non-hydrogen) atoms. The lowest BCUT2D eigenvalue weighted by molar-refractivity contribution is -0.150. The quantitative estimate of drug-likeness (QED) is 0.865. The molecule has 2 N–H and O–H groups in total. The first-order chi connectivity index (χ1) is 9.36. The van der Waals surface area contributed by atoms with Crippen LogP contribution in [-0.4, -0.2) is 26.0 Å². The van der Waals surface area contributed by atoms with Crippen molar-refractivity contribution in [3.8, 4) is 0 Å². The van der Waals surface area contributed by atoms with Crippen LogP contribution in [-0.2, 0) is 14.8 Å². The highest BCUT2D eigenvalue weighted by molar-refractivity contribution is 7.91. The van der Waals surface area contributed by atoms with Crippen LogP contribution < -0.4 is 4.72 Å². The fourth-order valence-electron chi connectivity index (χ4n) is 2.44. The smallest absolute Gasteiger partial charge is 0.310 e. The van der Waals surface area contributed by atoms with Crippen LogP contribution in [0.15, 0.2) is 16.3 Å². The number of rotatable bonds is 5. The molecule has 1 heterocycles. The van der Waals surface area contributed by atoms with Crippen molar-refractivity contribution < 1.29 is 18.3 Å². The molecular formula is C12H16ClNO4S2. The number of sulfonamides is 1. The van der Waals surface area contributed by atoms with Crippen molar-refractivity contribution in [1.29, 1.82) is 0 Å². The SMILES string of the molecule is O=C(O)C1(CNS(=O)(=O)c2ccc(Cl)s2)CCCCC1. The van der Waals surface area contributed by atoms with Gasteiger partial charge in [-0.05, 0) is 25.0 Å². The zero-order valence-electron chi connectivity index (χ0n) is 10.8. The summed E-state index contributed by atoms with van der Waals surface area (Å²) in [6, 6.07) is 2.93. The molecule has 0 atom stereocenters. The van der Waals surface area contributed by atoms with Gasteiger partial charge in [0.15, 0.2) is 0 Å². The van der Waals surface area contributed by atoms with Gasteiger partial charge in [-0.1, -0.05) is 30.9 Å². The highest BCUT2D eigenvalue weighted by Gasteiger charge is 2.40. The molecule has 1 aromatic rings. The Morgan fingerprint density at radius 2 is 2.00 bits per heavy atom. The molecule has 0 amide bonds. The zero-order chi connectivity index (χ0) is 14.8. The summed E-state index contributed by atoms with van der Waals surface area (Å²) >= 11 is 6.68. The number of carbonyl (C=O) groups is 1. The fourth-order valence-corrected chi connectivity index (χ4v) is 5.10. The predicted molar refractivity (Wildman–Crippen MR) is 77.7 cm³/mol. The van der Waals surface area contributed by atoms with E-state index in [1.165, 1.54) is 12.1 Å². The molecule has 8 heteroatoms. The molecule has 0 aliphatic heterocycles. The first-order valence-corrected chi connectivity index (χ1v) is 9.02. The summed E-state index contributed by atoms with van der Waals surface area (Å²) in [6.07, 6.45) is 3.66. The van der Waals surface area contributed by atoms with E-state index in [1.54, 1.807) is 0 Å². The van der Waals surface area contributed by atoms with Gasteiger partial charge in [0, 0.05) is 6.54 Å². The molecule has 0 bridgehead atoms. The molecule has 1 fully saturated rings. The second-order valence-electron chi connectivity index (χ2n) is 5.03. The molecule has 0 aromatic carbocycles. The number of carboxylic acids is 1. The third-order valence-corrected chi connectivity index (χ3v) is 6.80. The third-order valence-electron chi connectivity index (χ3n) is 3.68. The van der Waals surface area contributed by atoms with E-state index in [0.717, 1.165) is 30.6 Å². The molecule has 0 unspecified atom stereocenters. The van der Waals surface area contributed by atoms with Crippen LogP contribution in [0.2, 0.25) is 4.34 Å². The molecule has 0 spiro atoms. The normalized spacial score (nSPS) is 18.9. The van der Waals surface area contributed by atoms with E-state index in [1.807, 2.05) is 0 Å². The lowest BCUT2D eigenvalue weighted by Gasteiger charge is -2.33. The lowest BCUT2D eigenvalue weighted by atomic mass is 9.74. The zero-order valence-corrected chi connectivity index (χ0v) is 13.2. The number of halogens is 1. The Labute approximate surface area is 127 Å². The highest BCUT2D eigenvalue weighted by Crippen LogP contribution is 2.36. The monoisotopic (exact) mass is 337 g/mol. The Hall–Kier alpha value is -0.630. The minimum Gasteiger partial charge on any atom is -0.481 e. The van der Waals surface area contributed by atoms with E-state index in [0.29, 0.717) is 17.2 Å². The van der Waals surface area contributed by atoms with E-state index in [9.17, 15) is 18.3 Å². The summed E-state index contributed by atoms with van der Waals surface area (Å²) in [5.41, 5.74) is -0.980. The van der Waals surface area contributed by atoms with Crippen LogP contribution >= 0.6 is 22.9 Å². The van der Waals surface area contributed by atoms with Crippen molar-refractivity contribution in [3.05, 3.63) is 16.5 Å². The number of hydrogen-bond donors (Lipinski definition) is 2. The molecule has 1 aliphatic carbocycles. The van der Waals surface area contributed by atoms with E-state index in [2.05, 4.69) is 4.72 Å². The number of hydrogen-bond acceptors (Lipinski definition) is 4. The summed E-state index contributed by atoms with van der Waals surface area (Å²) in [7, 11) is -3.69. The maximum Gasteiger partial charge on any atom is 0.310 e. The van der Waals surface area contributed by atoms with Crippen molar-refractivity contribution >= 4 is 38.9 Å². The summed E-state index contributed by atoms with van der Waals surface area (Å²) in [6.45, 7) is -0.0693. The number of nitrogens with one attached hydrogen (secondary N) is 1. The van der Waals surface area contributed by atoms with Gasteiger partial charge in [-0.3, -0.25) is 4.79 Å². The Morgan fingerprint density at radius 1 is 1.35 bits per heavy atom. The van der Waals surface area contributed by atoms with Gasteiger partial charge in [0.2, 0.25) is 10.0 Å². The molecule has 0 saturated heterocycles. The molecule has 2 rings (SSSR count). The van der Waals surface area contributed by atoms with E-state index in [-0.39, 0.29) is 10.8 Å². The van der Waals surface area contributed by atoms with Gasteiger partial charge in [-0.15, -0.1) is 11.3 Å². The van der Waals surface area contributed by atoms with Crippen molar-refractivity contribution in [2.24, 2.45) is 5.41 Å². The molecule has 112 valence electrons. The highest BCUT2D eigenvalue weighted by atomic mass is 35.5. The molecule has 1 aromatic heterocycles. The second-order valence-corrected chi connectivity index (χ2v) is 8.74. The van der Waals surface area contributed by atoms with Crippen molar-refractivity contribution in [3.63, 3.8) is 0 Å². The topological polar surface area (TPSA) is 83.5 Å². The third kappa shape index (κ3) is 3.33. The average Bonchev–Trinajstić information content (AvgIpc) is 2.85. The maximum atomic E-state index is 12.1. The Kier molecular flexibility index (Phi) is 4.73. The Morgan fingerprint density at radius 3 is 2.50 bits per heavy atom. The summed E-state index contributed by atoms with van der Waals surface area (Å²) < 4.78 is 27.1. The Balaban J connectivity index is 2.11. The van der Waals surface area contributed by atoms with Gasteiger partial charge >= 0.3 is 5.97 Å². The molecule has 5 nitrogen and oxygen atoms in total. The molecule has 1 aliphatic rings. The van der Waals surface area contributed by atoms with E-state index in [4.69, 9.17) is 11.6 Å². The van der Waals surface area contributed by atoms with Crippen molar-refractivity contribution in [2.75, 3.05) is 6.54 Å². The molecule has 1 saturated carbocycles. The van der Waals surface area contributed by atoms with Crippen LogP contribution in [0, 0.1) is 5.41 Å². The van der Waals surface area contributed by atoms with Crippen molar-refractivity contribution in [2.45, 2.75) is 36.3 Å². The molecule has 0 radical (unpaired) electrons. The summed E-state index contributed by atoms with van der Waals surface area (Å²) in [5.74, 6) is -0.927. The van der Waals surface area contributed by atoms with E-state index >= 15 is 0 Å². The van der Waals surface area contributed by atoms with Gasteiger partial charge in [0.1, 0.15) is 4.21 Å². The van der Waals surface area contributed by atoms with Crippen LogP contribution in [0.5, 0.6) is 0 Å². The van der Waals surface area contributed by atoms with Gasteiger partial charge in [0.05, 0.1) is 9.75 Å². The van der Waals surface area contributed by atoms with Crippen LogP contribution in [0.25, 0.3) is 0 Å². The van der Waals surface area contributed by atoms with Crippen LogP contribution in [0.4, 0.5) is 0 Å². The van der Waals surface area contributed by atoms with Crippen LogP contribution in [0.3, 0.4) is 0 Å². The average molecular weight is 338 g/mol. The predicted octanol–water partition coefficient (Wildman–Crippen LogP) is 2.71. The largest absolute Gasteiger partial charge is 0.481 e. The second kappa shape index (κ2) is 6.01. The first kappa shape index (κ1) is 15.8. The fraction of sp³-hybridized carbons (Fsp3) is 0.583. The number of aliphatic carboxylic acids is 1. The Bertz CT molecular complexity index is 590. The number of thiophene rings is 1. The first-order valence-electron chi connectivity index (χ1n) is 6.34. The van der Waals surface area contributed by atoms with E-state index < -0.39 is 21.4 Å². The van der Waals surface area contributed by atoms with Gasteiger partial charge < -0.3 is 5.11 Å². The van der Waals surface area contributed by atoms with Gasteiger partial charge in [0.25, 0.3) is 0 Å². The minimum atomic E-state index is -3.69. The van der Waals surface area contributed by atoms with Crippen molar-refractivity contribution in [1.82, 2.24) is 4.72 Å². The minimum absolute atomic E-state index is 0.0693. The standard InChI is InChI=1S/C12H16ClNO4S2/c13-9-4-5-10(19-9)20(17,18)14-8-12(11(15)16)6-2-1-3-7-12/h4-5,14H,1-3,6-8H2,(H,15,16). The van der Waals surface area contributed by atoms with Gasteiger partial charge in [-0.25, -0.2) is 13.1 Å². The summed E-state index contributed by atoms with van der Waals surface area (Å²) in [5, 5.41) is 9.41. The maximum absolute atomic E-state index is 12.1. The number of carboxylic acid groups (broad SMARTS) is 1. The lowest BCUT2D eigenvalue weighted by Crippen LogP contribution is -2.44. The molecular weight excluding hydrogens is 322 g/mol. The van der Waals surface area contributed by atoms with Gasteiger partial charge in [-0.2, -0.15) is 0 Å².